The SMILES string of the molecule is O=C(CCc1c(-c2ccccc2)nc2ccccn12)NC1CCCCCC1. The Bertz CT molecular complexity index is 892. The summed E-state index contributed by atoms with van der Waals surface area (Å²) in [5, 5.41) is 3.26. The minimum atomic E-state index is 0.159. The number of aryl methyl sites for hydroxylation is 1. The van der Waals surface area contributed by atoms with Crippen LogP contribution >= 0.6 is 0 Å². The summed E-state index contributed by atoms with van der Waals surface area (Å²) in [6.45, 7) is 0. The van der Waals surface area contributed by atoms with Crippen molar-refractivity contribution in [1.29, 1.82) is 0 Å². The maximum atomic E-state index is 12.6. The molecule has 4 heteroatoms. The van der Waals surface area contributed by atoms with Crippen LogP contribution in [0.3, 0.4) is 0 Å². The van der Waals surface area contributed by atoms with Gasteiger partial charge in [-0.2, -0.15) is 0 Å². The van der Waals surface area contributed by atoms with E-state index in [1.54, 1.807) is 0 Å². The topological polar surface area (TPSA) is 46.4 Å². The molecule has 0 radical (unpaired) electrons. The third-order valence-corrected chi connectivity index (χ3v) is 5.49. The van der Waals surface area contributed by atoms with Crippen molar-refractivity contribution in [1.82, 2.24) is 14.7 Å². The van der Waals surface area contributed by atoms with Crippen LogP contribution in [0.1, 0.15) is 50.6 Å². The van der Waals surface area contributed by atoms with E-state index in [-0.39, 0.29) is 5.91 Å². The molecule has 1 fully saturated rings. The van der Waals surface area contributed by atoms with Crippen LogP contribution in [0.2, 0.25) is 0 Å². The molecular weight excluding hydrogens is 334 g/mol. The molecule has 1 aromatic carbocycles. The van der Waals surface area contributed by atoms with Gasteiger partial charge in [-0.25, -0.2) is 4.98 Å². The zero-order valence-electron chi connectivity index (χ0n) is 15.7. The largest absolute Gasteiger partial charge is 0.353 e. The van der Waals surface area contributed by atoms with E-state index < -0.39 is 0 Å². The number of amides is 1. The molecule has 0 atom stereocenters. The smallest absolute Gasteiger partial charge is 0.220 e. The summed E-state index contributed by atoms with van der Waals surface area (Å²) in [4.78, 5) is 17.4. The average Bonchev–Trinajstić information content (AvgIpc) is 2.88. The number of hydrogen-bond donors (Lipinski definition) is 1. The fraction of sp³-hybridized carbons (Fsp3) is 0.391. The maximum absolute atomic E-state index is 12.6. The first kappa shape index (κ1) is 17.8. The van der Waals surface area contributed by atoms with Crippen molar-refractivity contribution < 1.29 is 4.79 Å². The number of pyridine rings is 1. The van der Waals surface area contributed by atoms with Crippen molar-refractivity contribution in [2.75, 3.05) is 0 Å². The van der Waals surface area contributed by atoms with Gasteiger partial charge in [-0.3, -0.25) is 4.79 Å². The molecule has 27 heavy (non-hydrogen) atoms. The molecule has 1 N–H and O–H groups in total. The lowest BCUT2D eigenvalue weighted by atomic mass is 10.1. The summed E-state index contributed by atoms with van der Waals surface area (Å²) in [7, 11) is 0. The highest BCUT2D eigenvalue weighted by atomic mass is 16.1. The number of benzene rings is 1. The van der Waals surface area contributed by atoms with Gasteiger partial charge >= 0.3 is 0 Å². The van der Waals surface area contributed by atoms with Gasteiger partial charge in [-0.05, 0) is 31.4 Å². The van der Waals surface area contributed by atoms with Gasteiger partial charge in [-0.15, -0.1) is 0 Å². The first-order chi connectivity index (χ1) is 13.3. The maximum Gasteiger partial charge on any atom is 0.220 e. The van der Waals surface area contributed by atoms with Crippen molar-refractivity contribution in [2.24, 2.45) is 0 Å². The number of carbonyl (C=O) groups excluding carboxylic acids is 1. The number of carbonyl (C=O) groups is 1. The molecule has 0 spiro atoms. The number of rotatable bonds is 5. The summed E-state index contributed by atoms with van der Waals surface area (Å²) in [5.74, 6) is 0.159. The molecule has 0 bridgehead atoms. The highest BCUT2D eigenvalue weighted by Gasteiger charge is 2.17. The molecule has 0 unspecified atom stereocenters. The summed E-state index contributed by atoms with van der Waals surface area (Å²) in [6.07, 6.45) is 10.5. The molecule has 4 rings (SSSR count). The lowest BCUT2D eigenvalue weighted by Crippen LogP contribution is -2.34. The van der Waals surface area contributed by atoms with E-state index >= 15 is 0 Å². The molecule has 1 aliphatic carbocycles. The van der Waals surface area contributed by atoms with Crippen LogP contribution in [0, 0.1) is 0 Å². The van der Waals surface area contributed by atoms with Crippen molar-refractivity contribution >= 4 is 11.6 Å². The number of fused-ring (bicyclic) bond motifs is 1. The minimum Gasteiger partial charge on any atom is -0.353 e. The predicted molar refractivity (Wildman–Crippen MR) is 109 cm³/mol. The van der Waals surface area contributed by atoms with Crippen LogP contribution in [-0.2, 0) is 11.2 Å². The molecule has 0 saturated heterocycles. The van der Waals surface area contributed by atoms with Gasteiger partial charge in [-0.1, -0.05) is 62.1 Å². The Morgan fingerprint density at radius 1 is 1.00 bits per heavy atom. The Morgan fingerprint density at radius 3 is 2.52 bits per heavy atom. The Labute approximate surface area is 160 Å². The third-order valence-electron chi connectivity index (χ3n) is 5.49. The van der Waals surface area contributed by atoms with Crippen LogP contribution in [0.5, 0.6) is 0 Å². The molecule has 1 aliphatic rings. The lowest BCUT2D eigenvalue weighted by Gasteiger charge is -2.16. The number of nitrogens with zero attached hydrogens (tertiary/aromatic N) is 2. The summed E-state index contributed by atoms with van der Waals surface area (Å²) >= 11 is 0. The monoisotopic (exact) mass is 361 g/mol. The Kier molecular flexibility index (Phi) is 5.52. The molecule has 140 valence electrons. The molecular formula is C23H27N3O. The molecule has 4 nitrogen and oxygen atoms in total. The van der Waals surface area contributed by atoms with E-state index in [0.29, 0.717) is 18.9 Å². The summed E-state index contributed by atoms with van der Waals surface area (Å²) in [5.41, 5.74) is 4.10. The lowest BCUT2D eigenvalue weighted by molar-refractivity contribution is -0.121. The van der Waals surface area contributed by atoms with Gasteiger partial charge < -0.3 is 9.72 Å². The van der Waals surface area contributed by atoms with E-state index in [4.69, 9.17) is 4.98 Å². The Morgan fingerprint density at radius 2 is 1.74 bits per heavy atom. The van der Waals surface area contributed by atoms with Gasteiger partial charge in [0.2, 0.25) is 5.91 Å². The van der Waals surface area contributed by atoms with Crippen LogP contribution in [0.4, 0.5) is 0 Å². The highest BCUT2D eigenvalue weighted by Crippen LogP contribution is 2.25. The van der Waals surface area contributed by atoms with Gasteiger partial charge in [0.15, 0.2) is 0 Å². The fourth-order valence-corrected chi connectivity index (χ4v) is 4.07. The fourth-order valence-electron chi connectivity index (χ4n) is 4.07. The van der Waals surface area contributed by atoms with Crippen molar-refractivity contribution in [2.45, 2.75) is 57.4 Å². The average molecular weight is 361 g/mol. The molecule has 1 amide bonds. The van der Waals surface area contributed by atoms with Gasteiger partial charge in [0.1, 0.15) is 5.65 Å². The van der Waals surface area contributed by atoms with Gasteiger partial charge in [0, 0.05) is 24.2 Å². The van der Waals surface area contributed by atoms with E-state index in [1.165, 1.54) is 25.7 Å². The number of aromatic nitrogens is 2. The Balaban J connectivity index is 1.51. The van der Waals surface area contributed by atoms with E-state index in [2.05, 4.69) is 21.9 Å². The molecule has 2 aromatic heterocycles. The van der Waals surface area contributed by atoms with Crippen molar-refractivity contribution in [3.05, 3.63) is 60.4 Å². The molecule has 0 aliphatic heterocycles. The van der Waals surface area contributed by atoms with Crippen LogP contribution in [-0.4, -0.2) is 21.3 Å². The second-order valence-electron chi connectivity index (χ2n) is 7.46. The normalized spacial score (nSPS) is 15.6. The predicted octanol–water partition coefficient (Wildman–Crippen LogP) is 4.77. The van der Waals surface area contributed by atoms with Crippen molar-refractivity contribution in [3.63, 3.8) is 0 Å². The van der Waals surface area contributed by atoms with Gasteiger partial charge in [0.25, 0.3) is 0 Å². The third kappa shape index (κ3) is 4.21. The number of imidazole rings is 1. The number of nitrogens with one attached hydrogen (secondary N) is 1. The molecule has 1 saturated carbocycles. The van der Waals surface area contributed by atoms with Crippen LogP contribution in [0.15, 0.2) is 54.7 Å². The summed E-state index contributed by atoms with van der Waals surface area (Å²) < 4.78 is 2.11. The highest BCUT2D eigenvalue weighted by molar-refractivity contribution is 5.77. The second kappa shape index (κ2) is 8.38. The van der Waals surface area contributed by atoms with Gasteiger partial charge in [0.05, 0.1) is 11.4 Å². The second-order valence-corrected chi connectivity index (χ2v) is 7.46. The van der Waals surface area contributed by atoms with Crippen LogP contribution < -0.4 is 5.32 Å². The van der Waals surface area contributed by atoms with E-state index in [9.17, 15) is 4.79 Å². The van der Waals surface area contributed by atoms with E-state index in [1.807, 2.05) is 42.6 Å². The standard InChI is InChI=1S/C23H27N3O/c27-22(24-19-12-6-1-2-7-13-19)16-15-20-23(18-10-4-3-5-11-18)25-21-14-8-9-17-26(20)21/h3-5,8-11,14,17,19H,1-2,6-7,12-13,15-16H2,(H,24,27). The molecule has 3 aromatic rings. The zero-order chi connectivity index (χ0) is 18.5. The summed E-state index contributed by atoms with van der Waals surface area (Å²) in [6, 6.07) is 16.6. The van der Waals surface area contributed by atoms with Crippen molar-refractivity contribution in [3.8, 4) is 11.3 Å². The first-order valence-electron chi connectivity index (χ1n) is 10.1. The zero-order valence-corrected chi connectivity index (χ0v) is 15.7. The number of hydrogen-bond acceptors (Lipinski definition) is 2. The Hall–Kier alpha value is -2.62. The minimum absolute atomic E-state index is 0.159. The van der Waals surface area contributed by atoms with E-state index in [0.717, 1.165) is 35.4 Å². The first-order valence-corrected chi connectivity index (χ1v) is 10.1. The molecule has 2 heterocycles. The quantitative estimate of drug-likeness (QED) is 0.665. The van der Waals surface area contributed by atoms with Crippen LogP contribution in [0.25, 0.3) is 16.9 Å².